The van der Waals surface area contributed by atoms with Gasteiger partial charge in [0.2, 0.25) is 0 Å². The van der Waals surface area contributed by atoms with Crippen LogP contribution in [0.5, 0.6) is 0 Å². The Morgan fingerprint density at radius 3 is 1.91 bits per heavy atom. The highest BCUT2D eigenvalue weighted by molar-refractivity contribution is 4.64. The van der Waals surface area contributed by atoms with E-state index >= 15 is 0 Å². The Morgan fingerprint density at radius 1 is 1.18 bits per heavy atom. The molecule has 0 radical (unpaired) electrons. The second-order valence-electron chi connectivity index (χ2n) is 2.53. The molecule has 0 unspecified atom stereocenters. The minimum absolute atomic E-state index is 0.460. The maximum absolute atomic E-state index is 5.43. The predicted molar refractivity (Wildman–Crippen MR) is 45.6 cm³/mol. The average molecular weight is 161 g/mol. The van der Waals surface area contributed by atoms with Crippen LogP contribution in [-0.2, 0) is 9.47 Å². The summed E-state index contributed by atoms with van der Waals surface area (Å²) in [6.07, 6.45) is 0. The lowest BCUT2D eigenvalue weighted by molar-refractivity contribution is -0.216. The van der Waals surface area contributed by atoms with Crippen LogP contribution in [0.25, 0.3) is 0 Å². The standard InChI is InChI=1S/C8H19NO2/c1-5-10-8(3,7-9-4)11-6-2/h9H,5-7H2,1-4H3. The zero-order valence-electron chi connectivity index (χ0n) is 7.94. The van der Waals surface area contributed by atoms with Gasteiger partial charge in [-0.1, -0.05) is 0 Å². The number of hydrogen-bond acceptors (Lipinski definition) is 3. The van der Waals surface area contributed by atoms with Crippen LogP contribution in [0.1, 0.15) is 20.8 Å². The van der Waals surface area contributed by atoms with Crippen molar-refractivity contribution in [1.29, 1.82) is 0 Å². The summed E-state index contributed by atoms with van der Waals surface area (Å²) in [5.41, 5.74) is 0. The highest BCUT2D eigenvalue weighted by Crippen LogP contribution is 2.10. The lowest BCUT2D eigenvalue weighted by atomic mass is 10.3. The monoisotopic (exact) mass is 161 g/mol. The molecule has 0 rings (SSSR count). The second-order valence-corrected chi connectivity index (χ2v) is 2.53. The van der Waals surface area contributed by atoms with Crippen molar-refractivity contribution in [2.75, 3.05) is 26.8 Å². The van der Waals surface area contributed by atoms with Crippen LogP contribution in [0.4, 0.5) is 0 Å². The van der Waals surface area contributed by atoms with E-state index in [-0.39, 0.29) is 0 Å². The summed E-state index contributed by atoms with van der Waals surface area (Å²) in [4.78, 5) is 0. The molecule has 1 N–H and O–H groups in total. The van der Waals surface area contributed by atoms with Crippen molar-refractivity contribution in [2.45, 2.75) is 26.6 Å². The van der Waals surface area contributed by atoms with Gasteiger partial charge in [0.1, 0.15) is 0 Å². The largest absolute Gasteiger partial charge is 0.349 e. The quantitative estimate of drug-likeness (QED) is 0.589. The fraction of sp³-hybridized carbons (Fsp3) is 1.00. The molecule has 0 aromatic rings. The van der Waals surface area contributed by atoms with E-state index < -0.39 is 5.79 Å². The molecule has 0 bridgehead atoms. The number of likely N-dealkylation sites (N-methyl/N-ethyl adjacent to an activating group) is 1. The van der Waals surface area contributed by atoms with E-state index in [9.17, 15) is 0 Å². The van der Waals surface area contributed by atoms with Crippen molar-refractivity contribution in [3.05, 3.63) is 0 Å². The minimum Gasteiger partial charge on any atom is -0.349 e. The van der Waals surface area contributed by atoms with Gasteiger partial charge in [-0.2, -0.15) is 0 Å². The molecule has 0 aromatic heterocycles. The first kappa shape index (κ1) is 10.9. The third kappa shape index (κ3) is 4.35. The van der Waals surface area contributed by atoms with Crippen molar-refractivity contribution in [3.63, 3.8) is 0 Å². The maximum atomic E-state index is 5.43. The Labute approximate surface area is 69.1 Å². The van der Waals surface area contributed by atoms with Crippen LogP contribution in [0.15, 0.2) is 0 Å². The molecule has 0 aliphatic heterocycles. The van der Waals surface area contributed by atoms with Crippen molar-refractivity contribution < 1.29 is 9.47 Å². The van der Waals surface area contributed by atoms with Gasteiger partial charge in [-0.05, 0) is 27.8 Å². The SMILES string of the molecule is CCOC(C)(CNC)OCC. The summed E-state index contributed by atoms with van der Waals surface area (Å²) in [5, 5.41) is 3.03. The van der Waals surface area contributed by atoms with Gasteiger partial charge in [0.25, 0.3) is 0 Å². The van der Waals surface area contributed by atoms with Gasteiger partial charge in [0.15, 0.2) is 5.79 Å². The van der Waals surface area contributed by atoms with E-state index in [1.807, 2.05) is 27.8 Å². The first-order chi connectivity index (χ1) is 5.18. The fourth-order valence-electron chi connectivity index (χ4n) is 1.08. The maximum Gasteiger partial charge on any atom is 0.177 e. The lowest BCUT2D eigenvalue weighted by Crippen LogP contribution is -2.41. The molecule has 68 valence electrons. The van der Waals surface area contributed by atoms with Crippen molar-refractivity contribution in [1.82, 2.24) is 5.32 Å². The normalized spacial score (nSPS) is 12.0. The van der Waals surface area contributed by atoms with E-state index in [1.165, 1.54) is 0 Å². The third-order valence-electron chi connectivity index (χ3n) is 1.40. The first-order valence-corrected chi connectivity index (χ1v) is 4.11. The van der Waals surface area contributed by atoms with Crippen molar-refractivity contribution in [2.24, 2.45) is 0 Å². The van der Waals surface area contributed by atoms with Crippen LogP contribution in [0.3, 0.4) is 0 Å². The van der Waals surface area contributed by atoms with Crippen LogP contribution in [-0.4, -0.2) is 32.6 Å². The Hall–Kier alpha value is -0.120. The smallest absolute Gasteiger partial charge is 0.177 e. The van der Waals surface area contributed by atoms with E-state index in [1.54, 1.807) is 0 Å². The van der Waals surface area contributed by atoms with E-state index in [0.29, 0.717) is 19.8 Å². The molecule has 0 spiro atoms. The molecule has 0 saturated heterocycles. The predicted octanol–water partition coefficient (Wildman–Crippen LogP) is 0.995. The molecule has 0 heterocycles. The van der Waals surface area contributed by atoms with Gasteiger partial charge >= 0.3 is 0 Å². The Bertz CT molecular complexity index is 79.1. The van der Waals surface area contributed by atoms with Crippen molar-refractivity contribution in [3.8, 4) is 0 Å². The fourth-order valence-corrected chi connectivity index (χ4v) is 1.08. The zero-order valence-corrected chi connectivity index (χ0v) is 7.94. The minimum atomic E-state index is -0.460. The van der Waals surface area contributed by atoms with E-state index in [0.717, 1.165) is 0 Å². The Balaban J connectivity index is 3.79. The molecule has 3 nitrogen and oxygen atoms in total. The summed E-state index contributed by atoms with van der Waals surface area (Å²) in [6, 6.07) is 0. The average Bonchev–Trinajstić information content (AvgIpc) is 1.88. The van der Waals surface area contributed by atoms with Gasteiger partial charge in [-0.3, -0.25) is 0 Å². The molecule has 3 heteroatoms. The van der Waals surface area contributed by atoms with Crippen LogP contribution in [0.2, 0.25) is 0 Å². The van der Waals surface area contributed by atoms with Crippen LogP contribution < -0.4 is 5.32 Å². The molecule has 0 atom stereocenters. The zero-order chi connectivity index (χ0) is 8.74. The summed E-state index contributed by atoms with van der Waals surface area (Å²) in [6.45, 7) is 7.95. The van der Waals surface area contributed by atoms with Crippen LogP contribution >= 0.6 is 0 Å². The van der Waals surface area contributed by atoms with Gasteiger partial charge < -0.3 is 14.8 Å². The number of nitrogens with one attached hydrogen (secondary N) is 1. The van der Waals surface area contributed by atoms with E-state index in [4.69, 9.17) is 9.47 Å². The Kier molecular flexibility index (Phi) is 5.46. The first-order valence-electron chi connectivity index (χ1n) is 4.11. The Morgan fingerprint density at radius 2 is 1.64 bits per heavy atom. The second kappa shape index (κ2) is 5.52. The molecule has 11 heavy (non-hydrogen) atoms. The number of hydrogen-bond donors (Lipinski definition) is 1. The van der Waals surface area contributed by atoms with E-state index in [2.05, 4.69) is 5.32 Å². The third-order valence-corrected chi connectivity index (χ3v) is 1.40. The molecular formula is C8H19NO2. The summed E-state index contributed by atoms with van der Waals surface area (Å²) < 4.78 is 10.9. The van der Waals surface area contributed by atoms with Gasteiger partial charge in [0.05, 0.1) is 0 Å². The molecule has 0 aromatic carbocycles. The molecule has 0 aliphatic carbocycles. The summed E-state index contributed by atoms with van der Waals surface area (Å²) >= 11 is 0. The molecule has 0 fully saturated rings. The van der Waals surface area contributed by atoms with Gasteiger partial charge in [0, 0.05) is 19.8 Å². The highest BCUT2D eigenvalue weighted by Gasteiger charge is 2.23. The number of ether oxygens (including phenoxy) is 2. The molecule has 0 amide bonds. The van der Waals surface area contributed by atoms with Gasteiger partial charge in [-0.15, -0.1) is 0 Å². The summed E-state index contributed by atoms with van der Waals surface area (Å²) in [5.74, 6) is -0.460. The summed E-state index contributed by atoms with van der Waals surface area (Å²) in [7, 11) is 1.89. The molecular weight excluding hydrogens is 142 g/mol. The van der Waals surface area contributed by atoms with Crippen LogP contribution in [0, 0.1) is 0 Å². The van der Waals surface area contributed by atoms with Gasteiger partial charge in [-0.25, -0.2) is 0 Å². The number of rotatable bonds is 6. The lowest BCUT2D eigenvalue weighted by Gasteiger charge is -2.28. The molecule has 0 saturated carbocycles. The molecule has 0 aliphatic rings. The van der Waals surface area contributed by atoms with Crippen molar-refractivity contribution >= 4 is 0 Å². The topological polar surface area (TPSA) is 30.5 Å². The highest BCUT2D eigenvalue weighted by atomic mass is 16.7.